The summed E-state index contributed by atoms with van der Waals surface area (Å²) in [7, 11) is 0. The van der Waals surface area contributed by atoms with Crippen molar-refractivity contribution in [3.8, 4) is 11.5 Å². The summed E-state index contributed by atoms with van der Waals surface area (Å²) in [6, 6.07) is 6.45. The molecule has 104 valence electrons. The molecule has 0 radical (unpaired) electrons. The number of rotatable bonds is 2. The van der Waals surface area contributed by atoms with Crippen LogP contribution in [0.25, 0.3) is 0 Å². The Morgan fingerprint density at radius 2 is 1.85 bits per heavy atom. The van der Waals surface area contributed by atoms with Crippen LogP contribution in [-0.2, 0) is 0 Å². The predicted octanol–water partition coefficient (Wildman–Crippen LogP) is 4.09. The van der Waals surface area contributed by atoms with E-state index in [1.165, 1.54) is 0 Å². The maximum Gasteiger partial charge on any atom is 0.229 e. The van der Waals surface area contributed by atoms with Crippen LogP contribution in [0.15, 0.2) is 33.4 Å². The molecule has 1 aromatic heterocycles. The minimum Gasteiger partial charge on any atom is -0.490 e. The summed E-state index contributed by atoms with van der Waals surface area (Å²) >= 11 is 9.32. The van der Waals surface area contributed by atoms with Crippen LogP contribution in [0.3, 0.4) is 0 Å². The first-order valence-electron chi connectivity index (χ1n) is 6.04. The van der Waals surface area contributed by atoms with Crippen LogP contribution in [-0.4, -0.2) is 19.0 Å². The highest BCUT2D eigenvalue weighted by Gasteiger charge is 2.21. The number of furan rings is 1. The fraction of sp³-hybridized carbons (Fsp3) is 0.214. The number of carbonyl (C=O) groups is 1. The molecule has 1 aliphatic rings. The summed E-state index contributed by atoms with van der Waals surface area (Å²) in [6.07, 6.45) is 0.792. The lowest BCUT2D eigenvalue weighted by Crippen LogP contribution is -2.02. The molecule has 4 nitrogen and oxygen atoms in total. The second-order valence-electron chi connectivity index (χ2n) is 4.26. The number of halogens is 2. The van der Waals surface area contributed by atoms with Gasteiger partial charge in [-0.1, -0.05) is 11.6 Å². The van der Waals surface area contributed by atoms with Crippen molar-refractivity contribution in [1.29, 1.82) is 0 Å². The predicted molar refractivity (Wildman–Crippen MR) is 76.9 cm³/mol. The smallest absolute Gasteiger partial charge is 0.229 e. The maximum atomic E-state index is 12.4. The summed E-state index contributed by atoms with van der Waals surface area (Å²) in [6.45, 7) is 1.12. The molecular weight excluding hydrogens is 348 g/mol. The van der Waals surface area contributed by atoms with E-state index in [0.717, 1.165) is 6.42 Å². The highest BCUT2D eigenvalue weighted by molar-refractivity contribution is 9.10. The zero-order valence-corrected chi connectivity index (χ0v) is 12.7. The second kappa shape index (κ2) is 5.50. The third-order valence-corrected chi connectivity index (χ3v) is 3.62. The van der Waals surface area contributed by atoms with Crippen molar-refractivity contribution in [2.45, 2.75) is 6.42 Å². The van der Waals surface area contributed by atoms with Crippen molar-refractivity contribution in [1.82, 2.24) is 0 Å². The molecule has 1 aliphatic heterocycles. The lowest BCUT2D eigenvalue weighted by atomic mass is 10.1. The van der Waals surface area contributed by atoms with Crippen LogP contribution in [0.5, 0.6) is 11.5 Å². The van der Waals surface area contributed by atoms with Crippen molar-refractivity contribution in [3.05, 3.63) is 45.3 Å². The first-order chi connectivity index (χ1) is 9.65. The summed E-state index contributed by atoms with van der Waals surface area (Å²) in [5.74, 6) is 1.01. The topological polar surface area (TPSA) is 48.7 Å². The number of hydrogen-bond acceptors (Lipinski definition) is 4. The van der Waals surface area contributed by atoms with Gasteiger partial charge in [-0.15, -0.1) is 0 Å². The summed E-state index contributed by atoms with van der Waals surface area (Å²) in [5, 5.41) is 0.312. The number of carbonyl (C=O) groups excluding carboxylic acids is 1. The molecule has 0 fully saturated rings. The fourth-order valence-corrected chi connectivity index (χ4v) is 2.47. The van der Waals surface area contributed by atoms with Gasteiger partial charge in [0.15, 0.2) is 21.9 Å². The average Bonchev–Trinajstić information content (AvgIpc) is 2.73. The first kappa shape index (κ1) is 13.5. The molecule has 0 atom stereocenters. The molecule has 0 N–H and O–H groups in total. The van der Waals surface area contributed by atoms with Gasteiger partial charge in [0.05, 0.1) is 18.2 Å². The first-order valence-corrected chi connectivity index (χ1v) is 7.21. The zero-order chi connectivity index (χ0) is 14.1. The zero-order valence-electron chi connectivity index (χ0n) is 10.3. The SMILES string of the molecule is O=C(c1ccc(Br)o1)c1cc2c(cc1Cl)OCCCO2. The van der Waals surface area contributed by atoms with Gasteiger partial charge in [0.2, 0.25) is 5.78 Å². The largest absolute Gasteiger partial charge is 0.490 e. The third kappa shape index (κ3) is 2.55. The van der Waals surface area contributed by atoms with Gasteiger partial charge in [0, 0.05) is 18.1 Å². The molecule has 0 bridgehead atoms. The molecule has 2 heterocycles. The molecule has 0 saturated carbocycles. The van der Waals surface area contributed by atoms with Crippen LogP contribution in [0, 0.1) is 0 Å². The molecule has 6 heteroatoms. The van der Waals surface area contributed by atoms with Crippen LogP contribution in [0.1, 0.15) is 22.5 Å². The lowest BCUT2D eigenvalue weighted by Gasteiger charge is -2.10. The van der Waals surface area contributed by atoms with Gasteiger partial charge in [-0.3, -0.25) is 4.79 Å². The van der Waals surface area contributed by atoms with Crippen molar-refractivity contribution in [2.75, 3.05) is 13.2 Å². The molecule has 0 spiro atoms. The van der Waals surface area contributed by atoms with Crippen molar-refractivity contribution >= 4 is 33.3 Å². The Kier molecular flexibility index (Phi) is 3.72. The Balaban J connectivity index is 2.01. The Bertz CT molecular complexity index is 665. The van der Waals surface area contributed by atoms with Gasteiger partial charge in [0.25, 0.3) is 0 Å². The summed E-state index contributed by atoms with van der Waals surface area (Å²) in [4.78, 5) is 12.4. The van der Waals surface area contributed by atoms with Gasteiger partial charge in [-0.25, -0.2) is 0 Å². The van der Waals surface area contributed by atoms with E-state index >= 15 is 0 Å². The van der Waals surface area contributed by atoms with E-state index in [0.29, 0.717) is 40.0 Å². The van der Waals surface area contributed by atoms with E-state index in [1.807, 2.05) is 0 Å². The van der Waals surface area contributed by atoms with E-state index in [1.54, 1.807) is 24.3 Å². The average molecular weight is 358 g/mol. The summed E-state index contributed by atoms with van der Waals surface area (Å²) < 4.78 is 16.8. The van der Waals surface area contributed by atoms with Gasteiger partial charge >= 0.3 is 0 Å². The lowest BCUT2D eigenvalue weighted by molar-refractivity contribution is 0.101. The Morgan fingerprint density at radius 3 is 2.50 bits per heavy atom. The van der Waals surface area contributed by atoms with E-state index < -0.39 is 0 Å². The van der Waals surface area contributed by atoms with Crippen molar-refractivity contribution in [3.63, 3.8) is 0 Å². The molecular formula is C14H10BrClO4. The molecule has 0 aliphatic carbocycles. The maximum absolute atomic E-state index is 12.4. The Labute approximate surface area is 128 Å². The van der Waals surface area contributed by atoms with Crippen LogP contribution in [0.2, 0.25) is 5.02 Å². The van der Waals surface area contributed by atoms with E-state index in [2.05, 4.69) is 15.9 Å². The monoisotopic (exact) mass is 356 g/mol. The van der Waals surface area contributed by atoms with Crippen LogP contribution >= 0.6 is 27.5 Å². The molecule has 1 aromatic carbocycles. The molecule has 3 rings (SSSR count). The fourth-order valence-electron chi connectivity index (χ4n) is 1.93. The normalized spacial score (nSPS) is 13.9. The Morgan fingerprint density at radius 1 is 1.15 bits per heavy atom. The molecule has 2 aromatic rings. The molecule has 0 saturated heterocycles. The quantitative estimate of drug-likeness (QED) is 0.760. The number of benzene rings is 1. The minimum atomic E-state index is -0.295. The molecule has 0 unspecified atom stereocenters. The van der Waals surface area contributed by atoms with Gasteiger partial charge in [-0.2, -0.15) is 0 Å². The van der Waals surface area contributed by atoms with Gasteiger partial charge in [-0.05, 0) is 34.1 Å². The van der Waals surface area contributed by atoms with Gasteiger partial charge < -0.3 is 13.9 Å². The Hall–Kier alpha value is -1.46. The van der Waals surface area contributed by atoms with Gasteiger partial charge in [0.1, 0.15) is 0 Å². The van der Waals surface area contributed by atoms with Crippen LogP contribution in [0.4, 0.5) is 0 Å². The minimum absolute atomic E-state index is 0.216. The third-order valence-electron chi connectivity index (χ3n) is 2.88. The molecule has 20 heavy (non-hydrogen) atoms. The number of fused-ring (bicyclic) bond motifs is 1. The van der Waals surface area contributed by atoms with Crippen LogP contribution < -0.4 is 9.47 Å². The van der Waals surface area contributed by atoms with E-state index in [4.69, 9.17) is 25.5 Å². The highest BCUT2D eigenvalue weighted by atomic mass is 79.9. The standard InChI is InChI=1S/C14H10BrClO4/c15-13-3-2-10(20-13)14(17)8-6-11-12(7-9(8)16)19-5-1-4-18-11/h2-3,6-7H,1,4-5H2. The number of ether oxygens (including phenoxy) is 2. The number of ketones is 1. The van der Waals surface area contributed by atoms with Crippen molar-refractivity contribution in [2.24, 2.45) is 0 Å². The van der Waals surface area contributed by atoms with E-state index in [9.17, 15) is 4.79 Å². The summed E-state index contributed by atoms with van der Waals surface area (Å²) in [5.41, 5.74) is 0.331. The molecule has 0 amide bonds. The second-order valence-corrected chi connectivity index (χ2v) is 5.45. The highest BCUT2D eigenvalue weighted by Crippen LogP contribution is 2.36. The van der Waals surface area contributed by atoms with Crippen molar-refractivity contribution < 1.29 is 18.7 Å². The van der Waals surface area contributed by atoms with E-state index in [-0.39, 0.29) is 11.5 Å². The number of hydrogen-bond donors (Lipinski definition) is 0.